The summed E-state index contributed by atoms with van der Waals surface area (Å²) in [6, 6.07) is 0. The van der Waals surface area contributed by atoms with Gasteiger partial charge in [0.05, 0.1) is 11.0 Å². The summed E-state index contributed by atoms with van der Waals surface area (Å²) in [5, 5.41) is 8.86. The van der Waals surface area contributed by atoms with Crippen LogP contribution in [0.3, 0.4) is 0 Å². The molecule has 0 spiro atoms. The molecule has 2 unspecified atom stereocenters. The molecule has 0 aromatic carbocycles. The van der Waals surface area contributed by atoms with Gasteiger partial charge in [0.15, 0.2) is 0 Å². The summed E-state index contributed by atoms with van der Waals surface area (Å²) in [6.07, 6.45) is 3.83. The molecule has 0 aromatic rings. The summed E-state index contributed by atoms with van der Waals surface area (Å²) < 4.78 is 12.9. The fraction of sp³-hybridized carbons (Fsp3) is 1.00. The highest BCUT2D eigenvalue weighted by Crippen LogP contribution is 2.16. The van der Waals surface area contributed by atoms with Crippen LogP contribution in [0.1, 0.15) is 12.8 Å². The molecule has 1 heterocycles. The molecule has 0 bridgehead atoms. The Hall–Kier alpha value is 0.0700. The largest absolute Gasteiger partial charge is 0.396 e. The zero-order valence-corrected chi connectivity index (χ0v) is 7.64. The Morgan fingerprint density at radius 2 is 2.45 bits per heavy atom. The SMILES string of the molecule is CS(=O)N1CCCC(CO)C1. The molecule has 1 aliphatic heterocycles. The highest BCUT2D eigenvalue weighted by Gasteiger charge is 2.20. The molecular formula is C7H15NO2S. The van der Waals surface area contributed by atoms with Gasteiger partial charge in [0.25, 0.3) is 0 Å². The van der Waals surface area contributed by atoms with E-state index in [9.17, 15) is 4.21 Å². The van der Waals surface area contributed by atoms with Crippen LogP contribution in [0.25, 0.3) is 0 Å². The molecule has 0 radical (unpaired) electrons. The van der Waals surface area contributed by atoms with Crippen LogP contribution in [0.5, 0.6) is 0 Å². The Morgan fingerprint density at radius 3 is 3.00 bits per heavy atom. The van der Waals surface area contributed by atoms with Crippen LogP contribution in [0.15, 0.2) is 0 Å². The van der Waals surface area contributed by atoms with Crippen molar-refractivity contribution in [3.05, 3.63) is 0 Å². The molecule has 0 aromatic heterocycles. The molecule has 1 saturated heterocycles. The fourth-order valence-corrected chi connectivity index (χ4v) is 2.22. The number of hydrogen-bond donors (Lipinski definition) is 1. The van der Waals surface area contributed by atoms with Gasteiger partial charge < -0.3 is 5.11 Å². The monoisotopic (exact) mass is 177 g/mol. The lowest BCUT2D eigenvalue weighted by atomic mass is 10.0. The van der Waals surface area contributed by atoms with Gasteiger partial charge in [-0.05, 0) is 18.8 Å². The van der Waals surface area contributed by atoms with Crippen LogP contribution >= 0.6 is 0 Å². The maximum Gasteiger partial charge on any atom is 0.0910 e. The number of nitrogens with zero attached hydrogens (tertiary/aromatic N) is 1. The highest BCUT2D eigenvalue weighted by atomic mass is 32.2. The van der Waals surface area contributed by atoms with E-state index in [1.54, 1.807) is 6.26 Å². The summed E-state index contributed by atoms with van der Waals surface area (Å²) in [4.78, 5) is 0. The number of piperidine rings is 1. The van der Waals surface area contributed by atoms with E-state index >= 15 is 0 Å². The van der Waals surface area contributed by atoms with E-state index in [2.05, 4.69) is 0 Å². The van der Waals surface area contributed by atoms with Crippen molar-refractivity contribution in [2.75, 3.05) is 26.0 Å². The van der Waals surface area contributed by atoms with Crippen molar-refractivity contribution < 1.29 is 9.32 Å². The summed E-state index contributed by atoms with van der Waals surface area (Å²) in [6.45, 7) is 1.94. The first kappa shape index (κ1) is 9.16. The standard InChI is InChI=1S/C7H15NO2S/c1-11(10)8-4-2-3-7(5-8)6-9/h7,9H,2-6H2,1H3. The predicted octanol–water partition coefficient (Wildman–Crippen LogP) is -0.0158. The van der Waals surface area contributed by atoms with Crippen LogP contribution in [0.4, 0.5) is 0 Å². The Bertz CT molecular complexity index is 151. The van der Waals surface area contributed by atoms with Gasteiger partial charge in [-0.1, -0.05) is 0 Å². The normalized spacial score (nSPS) is 30.2. The average Bonchev–Trinajstić information content (AvgIpc) is 2.05. The van der Waals surface area contributed by atoms with E-state index in [1.807, 2.05) is 4.31 Å². The van der Waals surface area contributed by atoms with Crippen molar-refractivity contribution >= 4 is 11.0 Å². The topological polar surface area (TPSA) is 40.5 Å². The Labute approximate surface area is 70.0 Å². The van der Waals surface area contributed by atoms with Crippen molar-refractivity contribution in [3.8, 4) is 0 Å². The van der Waals surface area contributed by atoms with Crippen LogP contribution in [-0.4, -0.2) is 39.6 Å². The maximum absolute atomic E-state index is 11.0. The van der Waals surface area contributed by atoms with Gasteiger partial charge in [-0.15, -0.1) is 0 Å². The van der Waals surface area contributed by atoms with Gasteiger partial charge in [-0.25, -0.2) is 8.51 Å². The second-order valence-electron chi connectivity index (χ2n) is 3.00. The minimum absolute atomic E-state index is 0.230. The molecule has 11 heavy (non-hydrogen) atoms. The second-order valence-corrected chi connectivity index (χ2v) is 4.37. The first-order chi connectivity index (χ1) is 5.24. The number of hydrogen-bond acceptors (Lipinski definition) is 2. The van der Waals surface area contributed by atoms with Crippen LogP contribution in [0.2, 0.25) is 0 Å². The zero-order valence-electron chi connectivity index (χ0n) is 6.82. The molecule has 1 rings (SSSR count). The van der Waals surface area contributed by atoms with Gasteiger partial charge in [-0.3, -0.25) is 0 Å². The molecular weight excluding hydrogens is 162 g/mol. The van der Waals surface area contributed by atoms with Gasteiger partial charge in [-0.2, -0.15) is 0 Å². The summed E-state index contributed by atoms with van der Waals surface area (Å²) >= 11 is 0. The molecule has 66 valence electrons. The summed E-state index contributed by atoms with van der Waals surface area (Å²) in [5.74, 6) is 0.340. The van der Waals surface area contributed by atoms with Crippen molar-refractivity contribution in [1.82, 2.24) is 4.31 Å². The third kappa shape index (κ3) is 2.54. The van der Waals surface area contributed by atoms with Crippen molar-refractivity contribution in [1.29, 1.82) is 0 Å². The number of rotatable bonds is 2. The Kier molecular flexibility index (Phi) is 3.48. The smallest absolute Gasteiger partial charge is 0.0910 e. The Morgan fingerprint density at radius 1 is 1.73 bits per heavy atom. The van der Waals surface area contributed by atoms with E-state index in [0.717, 1.165) is 25.9 Å². The minimum atomic E-state index is -0.852. The lowest BCUT2D eigenvalue weighted by Crippen LogP contribution is -2.37. The lowest BCUT2D eigenvalue weighted by Gasteiger charge is -2.29. The summed E-state index contributed by atoms with van der Waals surface area (Å²) in [5.41, 5.74) is 0. The molecule has 1 aliphatic rings. The average molecular weight is 177 g/mol. The molecule has 2 atom stereocenters. The van der Waals surface area contributed by atoms with E-state index < -0.39 is 11.0 Å². The number of aliphatic hydroxyl groups excluding tert-OH is 1. The van der Waals surface area contributed by atoms with E-state index in [-0.39, 0.29) is 6.61 Å². The number of aliphatic hydroxyl groups is 1. The molecule has 3 nitrogen and oxygen atoms in total. The molecule has 0 aliphatic carbocycles. The predicted molar refractivity (Wildman–Crippen MR) is 45.4 cm³/mol. The first-order valence-electron chi connectivity index (χ1n) is 3.93. The first-order valence-corrected chi connectivity index (χ1v) is 5.45. The van der Waals surface area contributed by atoms with Crippen molar-refractivity contribution in [2.45, 2.75) is 12.8 Å². The highest BCUT2D eigenvalue weighted by molar-refractivity contribution is 7.81. The van der Waals surface area contributed by atoms with Gasteiger partial charge in [0, 0.05) is 26.0 Å². The molecule has 1 N–H and O–H groups in total. The van der Waals surface area contributed by atoms with Crippen LogP contribution < -0.4 is 0 Å². The third-order valence-electron chi connectivity index (χ3n) is 2.10. The van der Waals surface area contributed by atoms with Crippen molar-refractivity contribution in [3.63, 3.8) is 0 Å². The van der Waals surface area contributed by atoms with E-state index in [4.69, 9.17) is 5.11 Å². The molecule has 1 fully saturated rings. The fourth-order valence-electron chi connectivity index (χ4n) is 1.41. The zero-order chi connectivity index (χ0) is 8.27. The summed E-state index contributed by atoms with van der Waals surface area (Å²) in [7, 11) is -0.852. The van der Waals surface area contributed by atoms with Crippen molar-refractivity contribution in [2.24, 2.45) is 5.92 Å². The van der Waals surface area contributed by atoms with Gasteiger partial charge >= 0.3 is 0 Å². The second kappa shape index (κ2) is 4.18. The third-order valence-corrected chi connectivity index (χ3v) is 3.16. The van der Waals surface area contributed by atoms with E-state index in [0.29, 0.717) is 5.92 Å². The maximum atomic E-state index is 11.0. The van der Waals surface area contributed by atoms with Gasteiger partial charge in [0.2, 0.25) is 0 Å². The molecule has 0 amide bonds. The Balaban J connectivity index is 2.39. The van der Waals surface area contributed by atoms with E-state index in [1.165, 1.54) is 0 Å². The quantitative estimate of drug-likeness (QED) is 0.644. The van der Waals surface area contributed by atoms with Crippen LogP contribution in [0, 0.1) is 5.92 Å². The molecule has 0 saturated carbocycles. The minimum Gasteiger partial charge on any atom is -0.396 e. The van der Waals surface area contributed by atoms with Crippen LogP contribution in [-0.2, 0) is 11.0 Å². The lowest BCUT2D eigenvalue weighted by molar-refractivity contribution is 0.168. The molecule has 4 heteroatoms. The van der Waals surface area contributed by atoms with Gasteiger partial charge in [0.1, 0.15) is 0 Å².